The molecule has 2 rings (SSSR count). The van der Waals surface area contributed by atoms with Crippen LogP contribution in [-0.2, 0) is 4.79 Å². The van der Waals surface area contributed by atoms with E-state index < -0.39 is 18.1 Å². The van der Waals surface area contributed by atoms with E-state index in [1.165, 1.54) is 4.90 Å². The summed E-state index contributed by atoms with van der Waals surface area (Å²) in [7, 11) is 0. The van der Waals surface area contributed by atoms with Crippen molar-refractivity contribution in [2.45, 2.75) is 25.0 Å². The van der Waals surface area contributed by atoms with Gasteiger partial charge in [0.25, 0.3) is 0 Å². The molecular weight excluding hydrogens is 256 g/mol. The van der Waals surface area contributed by atoms with Crippen molar-refractivity contribution in [3.05, 3.63) is 0 Å². The lowest BCUT2D eigenvalue weighted by atomic mass is 10.1. The summed E-state index contributed by atoms with van der Waals surface area (Å²) < 4.78 is 0. The molecule has 2 aliphatic heterocycles. The van der Waals surface area contributed by atoms with Crippen LogP contribution in [0.15, 0.2) is 0 Å². The Morgan fingerprint density at radius 2 is 2.06 bits per heavy atom. The number of rotatable bonds is 1. The van der Waals surface area contributed by atoms with Crippen LogP contribution in [0.25, 0.3) is 0 Å². The molecule has 18 heavy (non-hydrogen) atoms. The summed E-state index contributed by atoms with van der Waals surface area (Å²) in [5.74, 6) is 0.261. The van der Waals surface area contributed by atoms with Crippen LogP contribution in [-0.4, -0.2) is 75.3 Å². The molecule has 2 saturated heterocycles. The third-order valence-electron chi connectivity index (χ3n) is 3.33. The van der Waals surface area contributed by atoms with E-state index >= 15 is 0 Å². The molecule has 6 nitrogen and oxygen atoms in total. The highest BCUT2D eigenvalue weighted by molar-refractivity contribution is 7.99. The van der Waals surface area contributed by atoms with E-state index in [1.54, 1.807) is 16.7 Å². The predicted molar refractivity (Wildman–Crippen MR) is 67.7 cm³/mol. The maximum Gasteiger partial charge on any atom is 0.327 e. The van der Waals surface area contributed by atoms with Crippen LogP contribution in [0.1, 0.15) is 12.8 Å². The molecule has 2 unspecified atom stereocenters. The van der Waals surface area contributed by atoms with Crippen molar-refractivity contribution < 1.29 is 19.8 Å². The normalized spacial score (nSPS) is 29.2. The second-order valence-electron chi connectivity index (χ2n) is 4.65. The number of piperidine rings is 1. The quantitative estimate of drug-likeness (QED) is 0.707. The minimum atomic E-state index is -0.951. The Kier molecular flexibility index (Phi) is 4.34. The van der Waals surface area contributed by atoms with E-state index in [9.17, 15) is 14.7 Å². The number of aliphatic hydroxyl groups is 1. The largest absolute Gasteiger partial charge is 0.480 e. The number of thioether (sulfide) groups is 1. The third kappa shape index (κ3) is 2.89. The van der Waals surface area contributed by atoms with E-state index in [0.717, 1.165) is 12.2 Å². The fourth-order valence-electron chi connectivity index (χ4n) is 2.35. The molecule has 0 aliphatic carbocycles. The van der Waals surface area contributed by atoms with Gasteiger partial charge in [-0.25, -0.2) is 9.59 Å². The number of likely N-dealkylation sites (tertiary alicyclic amines) is 1. The highest BCUT2D eigenvalue weighted by atomic mass is 32.2. The fraction of sp³-hybridized carbons (Fsp3) is 0.818. The Morgan fingerprint density at radius 3 is 2.72 bits per heavy atom. The minimum Gasteiger partial charge on any atom is -0.480 e. The molecule has 2 amide bonds. The Balaban J connectivity index is 2.03. The Labute approximate surface area is 110 Å². The van der Waals surface area contributed by atoms with E-state index in [4.69, 9.17) is 5.11 Å². The van der Waals surface area contributed by atoms with Crippen LogP contribution in [0, 0.1) is 0 Å². The number of carboxylic acid groups (broad SMARTS) is 1. The van der Waals surface area contributed by atoms with E-state index in [-0.39, 0.29) is 6.03 Å². The Morgan fingerprint density at radius 1 is 1.28 bits per heavy atom. The molecule has 2 atom stereocenters. The Bertz CT molecular complexity index is 339. The van der Waals surface area contributed by atoms with Crippen molar-refractivity contribution in [2.24, 2.45) is 0 Å². The lowest BCUT2D eigenvalue weighted by Gasteiger charge is -2.39. The van der Waals surface area contributed by atoms with Crippen LogP contribution in [0.5, 0.6) is 0 Å². The lowest BCUT2D eigenvalue weighted by molar-refractivity contribution is -0.141. The highest BCUT2D eigenvalue weighted by Crippen LogP contribution is 2.20. The zero-order chi connectivity index (χ0) is 13.1. The van der Waals surface area contributed by atoms with Crippen molar-refractivity contribution >= 4 is 23.8 Å². The van der Waals surface area contributed by atoms with Crippen LogP contribution in [0.2, 0.25) is 0 Å². The predicted octanol–water partition coefficient (Wildman–Crippen LogP) is 0.0651. The number of carbonyl (C=O) groups is 2. The molecule has 2 N–H and O–H groups in total. The van der Waals surface area contributed by atoms with Gasteiger partial charge in [0, 0.05) is 31.1 Å². The van der Waals surface area contributed by atoms with Gasteiger partial charge in [0.15, 0.2) is 0 Å². The van der Waals surface area contributed by atoms with E-state index in [2.05, 4.69) is 0 Å². The number of amides is 2. The zero-order valence-electron chi connectivity index (χ0n) is 10.1. The van der Waals surface area contributed by atoms with Crippen LogP contribution in [0.4, 0.5) is 4.79 Å². The third-order valence-corrected chi connectivity index (χ3v) is 4.35. The second kappa shape index (κ2) is 5.79. The van der Waals surface area contributed by atoms with Crippen molar-refractivity contribution in [3.63, 3.8) is 0 Å². The van der Waals surface area contributed by atoms with Gasteiger partial charge in [-0.15, -0.1) is 0 Å². The summed E-state index contributed by atoms with van der Waals surface area (Å²) in [5.41, 5.74) is 0. The SMILES string of the molecule is O=C(O)C1CSCCN1C(=O)N1CCCC(O)C1. The fourth-order valence-corrected chi connectivity index (χ4v) is 3.39. The van der Waals surface area contributed by atoms with Crippen LogP contribution < -0.4 is 0 Å². The van der Waals surface area contributed by atoms with Gasteiger partial charge in [-0.3, -0.25) is 0 Å². The van der Waals surface area contributed by atoms with Gasteiger partial charge in [0.05, 0.1) is 6.10 Å². The number of carbonyl (C=O) groups excluding carboxylic acids is 1. The smallest absolute Gasteiger partial charge is 0.327 e. The molecular formula is C11H18N2O4S. The Hall–Kier alpha value is -0.950. The number of hydrogen-bond donors (Lipinski definition) is 2. The number of hydrogen-bond acceptors (Lipinski definition) is 4. The molecule has 0 bridgehead atoms. The summed E-state index contributed by atoms with van der Waals surface area (Å²) in [6, 6.07) is -0.989. The second-order valence-corrected chi connectivity index (χ2v) is 5.80. The first kappa shape index (κ1) is 13.5. The lowest BCUT2D eigenvalue weighted by Crippen LogP contribution is -2.56. The van der Waals surface area contributed by atoms with Crippen molar-refractivity contribution in [3.8, 4) is 0 Å². The summed E-state index contributed by atoms with van der Waals surface area (Å²) in [5, 5.41) is 18.7. The number of urea groups is 1. The van der Waals surface area contributed by atoms with Gasteiger partial charge in [-0.05, 0) is 12.8 Å². The number of aliphatic carboxylic acids is 1. The first-order valence-corrected chi connectivity index (χ1v) is 7.29. The maximum atomic E-state index is 12.3. The number of nitrogens with zero attached hydrogens (tertiary/aromatic N) is 2. The van der Waals surface area contributed by atoms with Gasteiger partial charge in [-0.1, -0.05) is 0 Å². The zero-order valence-corrected chi connectivity index (χ0v) is 10.9. The molecule has 102 valence electrons. The average molecular weight is 274 g/mol. The van der Waals surface area contributed by atoms with E-state index in [1.807, 2.05) is 0 Å². The summed E-state index contributed by atoms with van der Waals surface area (Å²) >= 11 is 1.56. The van der Waals surface area contributed by atoms with Crippen molar-refractivity contribution in [1.82, 2.24) is 9.80 Å². The highest BCUT2D eigenvalue weighted by Gasteiger charge is 2.35. The molecule has 0 aromatic heterocycles. The molecule has 0 aromatic rings. The van der Waals surface area contributed by atoms with Gasteiger partial charge >= 0.3 is 12.0 Å². The van der Waals surface area contributed by atoms with Gasteiger partial charge in [0.2, 0.25) is 0 Å². The minimum absolute atomic E-state index is 0.249. The van der Waals surface area contributed by atoms with Crippen molar-refractivity contribution in [2.75, 3.05) is 31.1 Å². The van der Waals surface area contributed by atoms with Gasteiger partial charge in [0.1, 0.15) is 6.04 Å². The topological polar surface area (TPSA) is 81.1 Å². The molecule has 7 heteroatoms. The van der Waals surface area contributed by atoms with Gasteiger partial charge in [-0.2, -0.15) is 11.8 Å². The number of carboxylic acids is 1. The average Bonchev–Trinajstić information content (AvgIpc) is 2.38. The first-order chi connectivity index (χ1) is 8.59. The van der Waals surface area contributed by atoms with E-state index in [0.29, 0.717) is 31.8 Å². The summed E-state index contributed by atoms with van der Waals surface area (Å²) in [4.78, 5) is 26.4. The monoisotopic (exact) mass is 274 g/mol. The number of aliphatic hydroxyl groups excluding tert-OH is 1. The van der Waals surface area contributed by atoms with Crippen LogP contribution >= 0.6 is 11.8 Å². The van der Waals surface area contributed by atoms with Gasteiger partial charge < -0.3 is 20.0 Å². The maximum absolute atomic E-state index is 12.3. The van der Waals surface area contributed by atoms with Crippen LogP contribution in [0.3, 0.4) is 0 Å². The molecule has 0 radical (unpaired) electrons. The summed E-state index contributed by atoms with van der Waals surface area (Å²) in [6.45, 7) is 1.38. The number of β-amino-alcohol motifs (C(OH)–C–C–N with tert-alkyl or cyclic N) is 1. The molecule has 0 aromatic carbocycles. The summed E-state index contributed by atoms with van der Waals surface area (Å²) in [6.07, 6.45) is 1.00. The molecule has 0 saturated carbocycles. The molecule has 2 fully saturated rings. The van der Waals surface area contributed by atoms with Crippen molar-refractivity contribution in [1.29, 1.82) is 0 Å². The molecule has 0 spiro atoms. The molecule has 2 heterocycles. The standard InChI is InChI=1S/C11H18N2O4S/c14-8-2-1-3-12(6-8)11(17)13-4-5-18-7-9(13)10(15)16/h8-9,14H,1-7H2,(H,15,16). The molecule has 2 aliphatic rings. The first-order valence-electron chi connectivity index (χ1n) is 6.13.